The highest BCUT2D eigenvalue weighted by molar-refractivity contribution is 7.19. The molecule has 0 aliphatic carbocycles. The lowest BCUT2D eigenvalue weighted by Gasteiger charge is -2.32. The van der Waals surface area contributed by atoms with Crippen LogP contribution < -0.4 is 25.6 Å². The number of benzene rings is 1. The molecule has 1 fully saturated rings. The van der Waals surface area contributed by atoms with E-state index in [4.69, 9.17) is 4.74 Å². The second-order valence-electron chi connectivity index (χ2n) is 10.9. The lowest BCUT2D eigenvalue weighted by Crippen LogP contribution is -2.39. The first-order valence-corrected chi connectivity index (χ1v) is 16.0. The molecule has 6 rings (SSSR count). The van der Waals surface area contributed by atoms with Gasteiger partial charge in [-0.3, -0.25) is 14.6 Å². The number of hydrogen-bond acceptors (Lipinski definition) is 13. The molecule has 5 heterocycles. The van der Waals surface area contributed by atoms with Crippen molar-refractivity contribution in [1.29, 1.82) is 0 Å². The number of nitrogens with zero attached hydrogens (tertiary/aromatic N) is 9. The van der Waals surface area contributed by atoms with Gasteiger partial charge in [-0.1, -0.05) is 34.7 Å². The van der Waals surface area contributed by atoms with Crippen LogP contribution in [0.2, 0.25) is 0 Å². The molecule has 16 heteroatoms. The van der Waals surface area contributed by atoms with Crippen LogP contribution in [-0.2, 0) is 29.0 Å². The number of anilines is 4. The molecule has 0 radical (unpaired) electrons. The molecule has 0 atom stereocenters. The van der Waals surface area contributed by atoms with Crippen molar-refractivity contribution < 1.29 is 14.3 Å². The van der Waals surface area contributed by atoms with Crippen LogP contribution in [0.15, 0.2) is 67.0 Å². The Morgan fingerprint density at radius 1 is 0.894 bits per heavy atom. The zero-order valence-electron chi connectivity index (χ0n) is 25.7. The number of carbonyl (C=O) groups is 2. The van der Waals surface area contributed by atoms with E-state index in [1.54, 1.807) is 24.1 Å². The van der Waals surface area contributed by atoms with Gasteiger partial charge in [0.1, 0.15) is 5.75 Å². The van der Waals surface area contributed by atoms with E-state index in [9.17, 15) is 9.59 Å². The normalized spacial score (nSPS) is 13.3. The third kappa shape index (κ3) is 9.03. The molecule has 47 heavy (non-hydrogen) atoms. The van der Waals surface area contributed by atoms with Gasteiger partial charge in [-0.15, -0.1) is 25.5 Å². The molecule has 242 valence electrons. The number of pyridine rings is 1. The molecule has 0 unspecified atom stereocenters. The Kier molecular flexibility index (Phi) is 10.2. The summed E-state index contributed by atoms with van der Waals surface area (Å²) in [6, 6.07) is 17.1. The van der Waals surface area contributed by atoms with Crippen molar-refractivity contribution in [2.24, 2.45) is 0 Å². The third-order valence-corrected chi connectivity index (χ3v) is 8.27. The van der Waals surface area contributed by atoms with Crippen molar-refractivity contribution in [3.05, 3.63) is 83.9 Å². The standard InChI is InChI=1S/C31H34N12O3S/c1-46-25-8-5-21(6-9-25)19-43-20-24(36-41-43)7-12-28(44)34-26-10-11-27(38-37-26)42-16-13-22(14-17-42)33-30-39-40-31(47-30)35-29(45)18-23-4-2-3-15-32-23/h2-6,8-11,15,20,22H,7,12-14,16-19H2,1H3,(H,33,39)(H,34,37,44)(H,35,40,45). The Bertz CT molecular complexity index is 1750. The summed E-state index contributed by atoms with van der Waals surface area (Å²) in [6.07, 6.45) is 6.13. The maximum absolute atomic E-state index is 12.6. The average Bonchev–Trinajstić information content (AvgIpc) is 3.74. The van der Waals surface area contributed by atoms with Crippen molar-refractivity contribution in [2.45, 2.75) is 44.7 Å². The second-order valence-corrected chi connectivity index (χ2v) is 11.9. The number of nitrogens with one attached hydrogen (secondary N) is 3. The summed E-state index contributed by atoms with van der Waals surface area (Å²) in [6.45, 7) is 2.14. The van der Waals surface area contributed by atoms with Crippen LogP contribution in [0.5, 0.6) is 5.75 Å². The zero-order valence-corrected chi connectivity index (χ0v) is 26.6. The van der Waals surface area contributed by atoms with E-state index in [0.29, 0.717) is 34.7 Å². The van der Waals surface area contributed by atoms with E-state index >= 15 is 0 Å². The summed E-state index contributed by atoms with van der Waals surface area (Å²) < 4.78 is 6.94. The number of aryl methyl sites for hydroxylation is 1. The molecule has 4 aromatic heterocycles. The van der Waals surface area contributed by atoms with Crippen LogP contribution in [0, 0.1) is 0 Å². The van der Waals surface area contributed by atoms with Crippen LogP contribution in [-0.4, -0.2) is 78.4 Å². The number of ether oxygens (including phenoxy) is 1. The van der Waals surface area contributed by atoms with Gasteiger partial charge in [0.15, 0.2) is 11.6 Å². The molecule has 1 saturated heterocycles. The first kappa shape index (κ1) is 31.5. The van der Waals surface area contributed by atoms with Crippen molar-refractivity contribution in [3.63, 3.8) is 0 Å². The SMILES string of the molecule is COc1ccc(Cn2cc(CCC(=O)Nc3ccc(N4CCC(Nc5nnc(NC(=O)Cc6ccccn6)s5)CC4)nn3)nn2)cc1. The number of carbonyl (C=O) groups excluding carboxylic acids is 2. The number of aromatic nitrogens is 8. The van der Waals surface area contributed by atoms with E-state index in [0.717, 1.165) is 48.8 Å². The van der Waals surface area contributed by atoms with Crippen LogP contribution in [0.25, 0.3) is 0 Å². The molecule has 0 spiro atoms. The highest BCUT2D eigenvalue weighted by Crippen LogP contribution is 2.25. The molecule has 1 aliphatic heterocycles. The Morgan fingerprint density at radius 2 is 1.72 bits per heavy atom. The van der Waals surface area contributed by atoms with Gasteiger partial charge >= 0.3 is 0 Å². The molecule has 1 aliphatic rings. The Morgan fingerprint density at radius 3 is 2.47 bits per heavy atom. The van der Waals surface area contributed by atoms with Gasteiger partial charge in [-0.25, -0.2) is 4.68 Å². The van der Waals surface area contributed by atoms with Crippen LogP contribution in [0.3, 0.4) is 0 Å². The van der Waals surface area contributed by atoms with Crippen molar-refractivity contribution in [1.82, 2.24) is 40.4 Å². The van der Waals surface area contributed by atoms with Gasteiger partial charge in [-0.05, 0) is 54.8 Å². The van der Waals surface area contributed by atoms with E-state index in [1.807, 2.05) is 54.7 Å². The number of piperidine rings is 1. The summed E-state index contributed by atoms with van der Waals surface area (Å²) in [5, 5.41) is 35.3. The van der Waals surface area contributed by atoms with Crippen LogP contribution in [0.4, 0.5) is 21.9 Å². The molecule has 0 saturated carbocycles. The Hall–Kier alpha value is -5.51. The summed E-state index contributed by atoms with van der Waals surface area (Å²) in [5.74, 6) is 1.60. The molecule has 15 nitrogen and oxygen atoms in total. The maximum Gasteiger partial charge on any atom is 0.232 e. The fourth-order valence-corrected chi connectivity index (χ4v) is 5.78. The number of rotatable bonds is 13. The molecule has 2 amide bonds. The van der Waals surface area contributed by atoms with Gasteiger partial charge in [-0.2, -0.15) is 0 Å². The van der Waals surface area contributed by atoms with Gasteiger partial charge in [0.25, 0.3) is 0 Å². The smallest absolute Gasteiger partial charge is 0.232 e. The second kappa shape index (κ2) is 15.2. The molecule has 0 bridgehead atoms. The lowest BCUT2D eigenvalue weighted by molar-refractivity contribution is -0.116. The fraction of sp³-hybridized carbons (Fsp3) is 0.323. The molecular weight excluding hydrogens is 620 g/mol. The van der Waals surface area contributed by atoms with E-state index in [2.05, 4.69) is 56.5 Å². The predicted octanol–water partition coefficient (Wildman–Crippen LogP) is 3.20. The lowest BCUT2D eigenvalue weighted by atomic mass is 10.1. The summed E-state index contributed by atoms with van der Waals surface area (Å²) in [4.78, 5) is 31.2. The van der Waals surface area contributed by atoms with Gasteiger partial charge in [0.2, 0.25) is 22.1 Å². The van der Waals surface area contributed by atoms with Gasteiger partial charge in [0.05, 0.1) is 25.8 Å². The summed E-state index contributed by atoms with van der Waals surface area (Å²) in [5.41, 5.74) is 2.51. The van der Waals surface area contributed by atoms with Gasteiger partial charge < -0.3 is 25.6 Å². The van der Waals surface area contributed by atoms with Crippen molar-refractivity contribution in [3.8, 4) is 5.75 Å². The van der Waals surface area contributed by atoms with Gasteiger partial charge in [0, 0.05) is 50.1 Å². The first-order chi connectivity index (χ1) is 23.0. The minimum atomic E-state index is -0.186. The van der Waals surface area contributed by atoms with Crippen molar-refractivity contribution in [2.75, 3.05) is 41.0 Å². The molecular formula is C31H34N12O3S. The predicted molar refractivity (Wildman–Crippen MR) is 176 cm³/mol. The van der Waals surface area contributed by atoms with Crippen LogP contribution in [0.1, 0.15) is 36.2 Å². The topological polar surface area (TPSA) is 178 Å². The third-order valence-electron chi connectivity index (χ3n) is 7.50. The largest absolute Gasteiger partial charge is 0.497 e. The number of amides is 2. The minimum Gasteiger partial charge on any atom is -0.497 e. The zero-order chi connectivity index (χ0) is 32.4. The number of hydrogen-bond donors (Lipinski definition) is 3. The van der Waals surface area contributed by atoms with Crippen LogP contribution >= 0.6 is 11.3 Å². The van der Waals surface area contributed by atoms with E-state index in [1.165, 1.54) is 11.3 Å². The average molecular weight is 655 g/mol. The van der Waals surface area contributed by atoms with E-state index in [-0.39, 0.29) is 30.7 Å². The van der Waals surface area contributed by atoms with E-state index < -0.39 is 0 Å². The molecule has 3 N–H and O–H groups in total. The highest BCUT2D eigenvalue weighted by atomic mass is 32.1. The first-order valence-electron chi connectivity index (χ1n) is 15.2. The fourth-order valence-electron chi connectivity index (χ4n) is 5.05. The maximum atomic E-state index is 12.6. The minimum absolute atomic E-state index is 0.170. The van der Waals surface area contributed by atoms with Crippen molar-refractivity contribution >= 4 is 45.0 Å². The highest BCUT2D eigenvalue weighted by Gasteiger charge is 2.22. The Labute approximate surface area is 274 Å². The molecule has 5 aromatic rings. The number of methoxy groups -OCH3 is 1. The summed E-state index contributed by atoms with van der Waals surface area (Å²) in [7, 11) is 1.64. The monoisotopic (exact) mass is 654 g/mol. The molecule has 1 aromatic carbocycles. The summed E-state index contributed by atoms with van der Waals surface area (Å²) >= 11 is 1.31. The Balaban J connectivity index is 0.898. The quantitative estimate of drug-likeness (QED) is 0.169.